The van der Waals surface area contributed by atoms with Crippen molar-refractivity contribution in [1.82, 2.24) is 10.3 Å². The summed E-state index contributed by atoms with van der Waals surface area (Å²) >= 11 is 0. The molecular formula is C21H24N2O2. The van der Waals surface area contributed by atoms with Gasteiger partial charge in [-0.1, -0.05) is 12.8 Å². The van der Waals surface area contributed by atoms with E-state index in [-0.39, 0.29) is 17.1 Å². The molecule has 25 heavy (non-hydrogen) atoms. The quantitative estimate of drug-likeness (QED) is 0.862. The molecule has 2 aromatic rings. The second kappa shape index (κ2) is 5.45. The van der Waals surface area contributed by atoms with Crippen LogP contribution in [0.15, 0.2) is 18.2 Å². The van der Waals surface area contributed by atoms with Gasteiger partial charge in [0.1, 0.15) is 0 Å². The van der Waals surface area contributed by atoms with Gasteiger partial charge in [0.05, 0.1) is 5.69 Å². The molecule has 3 aliphatic carbocycles. The fourth-order valence-corrected chi connectivity index (χ4v) is 4.92. The van der Waals surface area contributed by atoms with Gasteiger partial charge in [-0.05, 0) is 67.7 Å². The molecule has 1 aromatic heterocycles. The van der Waals surface area contributed by atoms with Gasteiger partial charge in [0.15, 0.2) is 5.78 Å². The first-order valence-corrected chi connectivity index (χ1v) is 9.67. The van der Waals surface area contributed by atoms with Gasteiger partial charge in [-0.15, -0.1) is 0 Å². The molecule has 1 aromatic carbocycles. The lowest BCUT2D eigenvalue weighted by Crippen LogP contribution is -2.32. The van der Waals surface area contributed by atoms with Crippen LogP contribution < -0.4 is 5.32 Å². The first-order valence-electron chi connectivity index (χ1n) is 9.67. The zero-order valence-corrected chi connectivity index (χ0v) is 14.5. The summed E-state index contributed by atoms with van der Waals surface area (Å²) in [6.45, 7) is 0. The molecule has 1 amide bonds. The Morgan fingerprint density at radius 1 is 1.12 bits per heavy atom. The number of amides is 1. The van der Waals surface area contributed by atoms with E-state index in [2.05, 4.69) is 10.3 Å². The van der Waals surface area contributed by atoms with Gasteiger partial charge in [-0.3, -0.25) is 9.59 Å². The molecule has 5 rings (SSSR count). The second-order valence-corrected chi connectivity index (χ2v) is 8.15. The molecule has 4 nitrogen and oxygen atoms in total. The largest absolute Gasteiger partial charge is 0.352 e. The SMILES string of the molecule is O=C(NC1CCCC1)c1ccc2[nH]c3c(c2c1)C1(CCCC3=O)CC1. The number of H-pyrrole nitrogens is 1. The van der Waals surface area contributed by atoms with Crippen LogP contribution in [0, 0.1) is 0 Å². The Balaban J connectivity index is 1.56. The maximum absolute atomic E-state index is 12.7. The van der Waals surface area contributed by atoms with Crippen molar-refractivity contribution in [3.8, 4) is 0 Å². The van der Waals surface area contributed by atoms with Crippen LogP contribution in [0.5, 0.6) is 0 Å². The number of ketones is 1. The molecule has 0 atom stereocenters. The second-order valence-electron chi connectivity index (χ2n) is 8.15. The lowest BCUT2D eigenvalue weighted by atomic mass is 9.90. The van der Waals surface area contributed by atoms with Crippen molar-refractivity contribution >= 4 is 22.6 Å². The summed E-state index contributed by atoms with van der Waals surface area (Å²) in [5.74, 6) is 0.250. The molecule has 130 valence electrons. The maximum atomic E-state index is 12.7. The van der Waals surface area contributed by atoms with Crippen molar-refractivity contribution in [2.75, 3.05) is 0 Å². The first-order chi connectivity index (χ1) is 12.2. The van der Waals surface area contributed by atoms with E-state index in [1.165, 1.54) is 31.2 Å². The van der Waals surface area contributed by atoms with Crippen molar-refractivity contribution in [1.29, 1.82) is 0 Å². The number of aromatic amines is 1. The fourth-order valence-electron chi connectivity index (χ4n) is 4.92. The van der Waals surface area contributed by atoms with Crippen molar-refractivity contribution in [2.45, 2.75) is 69.2 Å². The Labute approximate surface area is 147 Å². The van der Waals surface area contributed by atoms with Gasteiger partial charge in [-0.25, -0.2) is 0 Å². The Kier molecular flexibility index (Phi) is 3.31. The predicted octanol–water partition coefficient (Wildman–Crippen LogP) is 4.24. The van der Waals surface area contributed by atoms with E-state index < -0.39 is 0 Å². The van der Waals surface area contributed by atoms with Crippen molar-refractivity contribution in [2.24, 2.45) is 0 Å². The van der Waals surface area contributed by atoms with E-state index in [0.29, 0.717) is 18.0 Å². The van der Waals surface area contributed by atoms with Crippen LogP contribution in [0.4, 0.5) is 0 Å². The molecule has 0 radical (unpaired) electrons. The normalized spacial score (nSPS) is 22.2. The summed E-state index contributed by atoms with van der Waals surface area (Å²) in [6.07, 6.45) is 9.63. The van der Waals surface area contributed by atoms with E-state index in [0.717, 1.165) is 42.3 Å². The summed E-state index contributed by atoms with van der Waals surface area (Å²) in [6, 6.07) is 6.18. The maximum Gasteiger partial charge on any atom is 0.251 e. The Bertz CT molecular complexity index is 869. The molecule has 0 unspecified atom stereocenters. The Morgan fingerprint density at radius 2 is 1.92 bits per heavy atom. The summed E-state index contributed by atoms with van der Waals surface area (Å²) in [5.41, 5.74) is 3.89. The molecule has 3 aliphatic rings. The van der Waals surface area contributed by atoms with E-state index in [1.807, 2.05) is 18.2 Å². The third-order valence-corrected chi connectivity index (χ3v) is 6.47. The number of hydrogen-bond donors (Lipinski definition) is 2. The highest BCUT2D eigenvalue weighted by molar-refractivity contribution is 6.06. The van der Waals surface area contributed by atoms with Crippen molar-refractivity contribution < 1.29 is 9.59 Å². The van der Waals surface area contributed by atoms with Gasteiger partial charge in [0.25, 0.3) is 5.91 Å². The minimum absolute atomic E-state index is 0.0218. The lowest BCUT2D eigenvalue weighted by molar-refractivity contribution is 0.0936. The first kappa shape index (κ1) is 15.2. The van der Waals surface area contributed by atoms with Crippen LogP contribution in [0.2, 0.25) is 0 Å². The van der Waals surface area contributed by atoms with E-state index in [9.17, 15) is 9.59 Å². The Morgan fingerprint density at radius 3 is 2.68 bits per heavy atom. The van der Waals surface area contributed by atoms with Crippen LogP contribution in [-0.2, 0) is 5.41 Å². The molecule has 1 spiro atoms. The number of rotatable bonds is 2. The minimum atomic E-state index is 0.0218. The topological polar surface area (TPSA) is 62.0 Å². The highest BCUT2D eigenvalue weighted by atomic mass is 16.1. The number of aromatic nitrogens is 1. The molecule has 2 fully saturated rings. The number of benzene rings is 1. The van der Waals surface area contributed by atoms with E-state index in [4.69, 9.17) is 0 Å². The average molecular weight is 336 g/mol. The molecule has 0 bridgehead atoms. The number of carbonyl (C=O) groups is 2. The average Bonchev–Trinajstić information content (AvgIpc) is 3.06. The number of hydrogen-bond acceptors (Lipinski definition) is 2. The monoisotopic (exact) mass is 336 g/mol. The van der Waals surface area contributed by atoms with Crippen LogP contribution in [-0.4, -0.2) is 22.7 Å². The fraction of sp³-hybridized carbons (Fsp3) is 0.524. The lowest BCUT2D eigenvalue weighted by Gasteiger charge is -2.14. The number of fused-ring (bicyclic) bond motifs is 4. The zero-order valence-electron chi connectivity index (χ0n) is 14.5. The van der Waals surface area contributed by atoms with Gasteiger partial charge >= 0.3 is 0 Å². The number of nitrogens with one attached hydrogen (secondary N) is 2. The zero-order chi connectivity index (χ0) is 17.0. The molecule has 0 saturated heterocycles. The van der Waals surface area contributed by atoms with Crippen molar-refractivity contribution in [3.63, 3.8) is 0 Å². The molecule has 2 N–H and O–H groups in total. The van der Waals surface area contributed by atoms with Crippen LogP contribution in [0.3, 0.4) is 0 Å². The predicted molar refractivity (Wildman–Crippen MR) is 97.1 cm³/mol. The number of Topliss-reactive ketones (excluding diaryl/α,β-unsaturated/α-hetero) is 1. The minimum Gasteiger partial charge on any atom is -0.352 e. The smallest absolute Gasteiger partial charge is 0.251 e. The van der Waals surface area contributed by atoms with Gasteiger partial charge in [0.2, 0.25) is 0 Å². The molecule has 0 aliphatic heterocycles. The highest BCUT2D eigenvalue weighted by Crippen LogP contribution is 2.56. The molecule has 2 saturated carbocycles. The van der Waals surface area contributed by atoms with Gasteiger partial charge in [-0.2, -0.15) is 0 Å². The van der Waals surface area contributed by atoms with E-state index >= 15 is 0 Å². The standard InChI is InChI=1S/C21H24N2O2/c24-17-6-3-9-21(10-11-21)18-15-12-13(7-8-16(15)23-19(17)18)20(25)22-14-4-1-2-5-14/h7-8,12,14,23H,1-6,9-11H2,(H,22,25). The third kappa shape index (κ3) is 2.42. The summed E-state index contributed by atoms with van der Waals surface area (Å²) < 4.78 is 0. The van der Waals surface area contributed by atoms with Crippen LogP contribution in [0.25, 0.3) is 10.9 Å². The van der Waals surface area contributed by atoms with Crippen LogP contribution in [0.1, 0.15) is 84.2 Å². The molecule has 1 heterocycles. The summed E-state index contributed by atoms with van der Waals surface area (Å²) in [5, 5.41) is 4.26. The molecular weight excluding hydrogens is 312 g/mol. The van der Waals surface area contributed by atoms with E-state index in [1.54, 1.807) is 0 Å². The van der Waals surface area contributed by atoms with Crippen molar-refractivity contribution in [3.05, 3.63) is 35.0 Å². The Hall–Kier alpha value is -2.10. The van der Waals surface area contributed by atoms with Crippen LogP contribution >= 0.6 is 0 Å². The summed E-state index contributed by atoms with van der Waals surface area (Å²) in [4.78, 5) is 28.5. The third-order valence-electron chi connectivity index (χ3n) is 6.47. The van der Waals surface area contributed by atoms with Gasteiger partial charge in [0, 0.05) is 28.9 Å². The molecule has 4 heteroatoms. The number of carbonyl (C=O) groups excluding carboxylic acids is 2. The van der Waals surface area contributed by atoms with Gasteiger partial charge < -0.3 is 10.3 Å². The highest BCUT2D eigenvalue weighted by Gasteiger charge is 2.48. The summed E-state index contributed by atoms with van der Waals surface area (Å²) in [7, 11) is 0.